The lowest BCUT2D eigenvalue weighted by atomic mass is 10.1. The lowest BCUT2D eigenvalue weighted by Gasteiger charge is -2.05. The Labute approximate surface area is 154 Å². The van der Waals surface area contributed by atoms with E-state index in [1.165, 1.54) is 11.3 Å². The third-order valence-corrected chi connectivity index (χ3v) is 5.45. The number of sulfone groups is 1. The Morgan fingerprint density at radius 3 is 2.65 bits per heavy atom. The number of thiophene rings is 1. The number of rotatable bonds is 3. The topological polar surface area (TPSA) is 104 Å². The van der Waals surface area contributed by atoms with Gasteiger partial charge in [-0.15, -0.1) is 5.10 Å². The van der Waals surface area contributed by atoms with Gasteiger partial charge in [0.05, 0.1) is 16.8 Å². The standard InChI is InChI=1S/C17H15N5O2S2/c1-10-4-3-5-12(8-10)22-15(18)13-14(11-6-7-25-9-11)19-17(26(2,23)24)20-16(13)21-22/h3-9H,18H2,1-2H3. The van der Waals surface area contributed by atoms with Crippen LogP contribution >= 0.6 is 11.3 Å². The zero-order valence-electron chi connectivity index (χ0n) is 14.0. The van der Waals surface area contributed by atoms with E-state index in [4.69, 9.17) is 5.73 Å². The second-order valence-electron chi connectivity index (χ2n) is 5.97. The number of aryl methyl sites for hydroxylation is 1. The van der Waals surface area contributed by atoms with Crippen molar-refractivity contribution in [1.29, 1.82) is 0 Å². The van der Waals surface area contributed by atoms with Gasteiger partial charge in [-0.25, -0.2) is 18.1 Å². The molecule has 0 aliphatic rings. The first-order valence-electron chi connectivity index (χ1n) is 7.70. The summed E-state index contributed by atoms with van der Waals surface area (Å²) in [6, 6.07) is 9.56. The van der Waals surface area contributed by atoms with E-state index in [9.17, 15) is 8.42 Å². The molecule has 0 bridgehead atoms. The van der Waals surface area contributed by atoms with E-state index in [-0.39, 0.29) is 10.8 Å². The van der Waals surface area contributed by atoms with Gasteiger partial charge in [-0.1, -0.05) is 12.1 Å². The van der Waals surface area contributed by atoms with E-state index in [1.54, 1.807) is 4.68 Å². The second-order valence-corrected chi connectivity index (χ2v) is 8.66. The molecule has 3 aromatic heterocycles. The first-order chi connectivity index (χ1) is 12.3. The molecule has 3 heterocycles. The molecule has 0 saturated carbocycles. The van der Waals surface area contributed by atoms with Crippen LogP contribution in [0.15, 0.2) is 46.2 Å². The summed E-state index contributed by atoms with van der Waals surface area (Å²) in [5.41, 5.74) is 9.69. The average molecular weight is 385 g/mol. The molecule has 26 heavy (non-hydrogen) atoms. The normalized spacial score (nSPS) is 11.9. The van der Waals surface area contributed by atoms with Crippen LogP contribution in [0.4, 0.5) is 5.82 Å². The zero-order valence-corrected chi connectivity index (χ0v) is 15.7. The summed E-state index contributed by atoms with van der Waals surface area (Å²) < 4.78 is 25.6. The lowest BCUT2D eigenvalue weighted by Crippen LogP contribution is -2.05. The van der Waals surface area contributed by atoms with Crippen molar-refractivity contribution in [2.75, 3.05) is 12.0 Å². The highest BCUT2D eigenvalue weighted by molar-refractivity contribution is 7.90. The van der Waals surface area contributed by atoms with Gasteiger partial charge in [-0.2, -0.15) is 16.3 Å². The van der Waals surface area contributed by atoms with E-state index >= 15 is 0 Å². The fourth-order valence-corrected chi connectivity index (χ4v) is 3.87. The Kier molecular flexibility index (Phi) is 3.78. The molecule has 0 saturated heterocycles. The molecule has 2 N–H and O–H groups in total. The molecule has 0 atom stereocenters. The summed E-state index contributed by atoms with van der Waals surface area (Å²) in [7, 11) is -3.59. The molecule has 0 radical (unpaired) electrons. The Balaban J connectivity index is 2.08. The van der Waals surface area contributed by atoms with Crippen molar-refractivity contribution in [3.8, 4) is 16.9 Å². The molecular formula is C17H15N5O2S2. The molecule has 0 aliphatic heterocycles. The van der Waals surface area contributed by atoms with Gasteiger partial charge in [0.15, 0.2) is 5.65 Å². The van der Waals surface area contributed by atoms with Gasteiger partial charge in [0, 0.05) is 17.2 Å². The second kappa shape index (κ2) is 5.89. The molecule has 9 heteroatoms. The zero-order chi connectivity index (χ0) is 18.5. The van der Waals surface area contributed by atoms with Crippen molar-refractivity contribution in [2.24, 2.45) is 0 Å². The largest absolute Gasteiger partial charge is 0.383 e. The predicted octanol–water partition coefficient (Wildman–Crippen LogP) is 2.84. The minimum absolute atomic E-state index is 0.251. The van der Waals surface area contributed by atoms with Crippen molar-refractivity contribution in [3.05, 3.63) is 46.7 Å². The first-order valence-corrected chi connectivity index (χ1v) is 10.5. The van der Waals surface area contributed by atoms with Crippen molar-refractivity contribution in [2.45, 2.75) is 12.1 Å². The monoisotopic (exact) mass is 385 g/mol. The van der Waals surface area contributed by atoms with E-state index in [2.05, 4.69) is 15.1 Å². The van der Waals surface area contributed by atoms with Crippen LogP contribution in [0.2, 0.25) is 0 Å². The smallest absolute Gasteiger partial charge is 0.249 e. The number of hydrogen-bond donors (Lipinski definition) is 1. The van der Waals surface area contributed by atoms with Crippen LogP contribution in [0.5, 0.6) is 0 Å². The van der Waals surface area contributed by atoms with Crippen molar-refractivity contribution in [1.82, 2.24) is 19.7 Å². The minimum atomic E-state index is -3.59. The number of anilines is 1. The minimum Gasteiger partial charge on any atom is -0.383 e. The Morgan fingerprint density at radius 2 is 2.00 bits per heavy atom. The number of hydrogen-bond acceptors (Lipinski definition) is 7. The highest BCUT2D eigenvalue weighted by atomic mass is 32.2. The molecule has 1 aromatic carbocycles. The van der Waals surface area contributed by atoms with Crippen molar-refractivity contribution < 1.29 is 8.42 Å². The number of nitrogens with zero attached hydrogens (tertiary/aromatic N) is 4. The van der Waals surface area contributed by atoms with Crippen LogP contribution in [-0.4, -0.2) is 34.4 Å². The fraction of sp³-hybridized carbons (Fsp3) is 0.118. The lowest BCUT2D eigenvalue weighted by molar-refractivity contribution is 0.593. The Bertz CT molecular complexity index is 1230. The maximum atomic E-state index is 12.0. The summed E-state index contributed by atoms with van der Waals surface area (Å²) in [4.78, 5) is 8.41. The van der Waals surface area contributed by atoms with E-state index in [0.717, 1.165) is 23.1 Å². The predicted molar refractivity (Wildman–Crippen MR) is 102 cm³/mol. The summed E-state index contributed by atoms with van der Waals surface area (Å²) in [6.07, 6.45) is 1.08. The van der Waals surface area contributed by atoms with Crippen LogP contribution in [0.25, 0.3) is 28.0 Å². The van der Waals surface area contributed by atoms with Crippen molar-refractivity contribution in [3.63, 3.8) is 0 Å². The summed E-state index contributed by atoms with van der Waals surface area (Å²) in [5.74, 6) is 0.367. The quantitative estimate of drug-likeness (QED) is 0.544. The average Bonchev–Trinajstić information content (AvgIpc) is 3.22. The van der Waals surface area contributed by atoms with Gasteiger partial charge in [-0.3, -0.25) is 0 Å². The summed E-state index contributed by atoms with van der Waals surface area (Å²) >= 11 is 1.49. The van der Waals surface area contributed by atoms with Crippen LogP contribution in [0, 0.1) is 6.92 Å². The molecule has 4 rings (SSSR count). The summed E-state index contributed by atoms with van der Waals surface area (Å²) in [5, 5.41) is 8.50. The van der Waals surface area contributed by atoms with E-state index in [1.807, 2.05) is 48.0 Å². The van der Waals surface area contributed by atoms with Gasteiger partial charge in [-0.05, 0) is 36.1 Å². The Hall–Kier alpha value is -2.78. The molecular weight excluding hydrogens is 370 g/mol. The fourth-order valence-electron chi connectivity index (χ4n) is 2.72. The molecule has 132 valence electrons. The number of aromatic nitrogens is 4. The van der Waals surface area contributed by atoms with E-state index in [0.29, 0.717) is 16.9 Å². The number of benzene rings is 1. The molecule has 0 unspecified atom stereocenters. The third kappa shape index (κ3) is 2.74. The van der Waals surface area contributed by atoms with Gasteiger partial charge < -0.3 is 5.73 Å². The molecule has 0 amide bonds. The van der Waals surface area contributed by atoms with Crippen LogP contribution in [0.1, 0.15) is 5.56 Å². The van der Waals surface area contributed by atoms with Gasteiger partial charge in [0.2, 0.25) is 15.0 Å². The number of fused-ring (bicyclic) bond motifs is 1. The van der Waals surface area contributed by atoms with Crippen LogP contribution in [-0.2, 0) is 9.84 Å². The number of nitrogens with two attached hydrogens (primary N) is 1. The molecule has 4 aromatic rings. The Morgan fingerprint density at radius 1 is 1.19 bits per heavy atom. The summed E-state index contributed by atoms with van der Waals surface area (Å²) in [6.45, 7) is 1.97. The third-order valence-electron chi connectivity index (χ3n) is 3.92. The van der Waals surface area contributed by atoms with Gasteiger partial charge in [0.1, 0.15) is 5.82 Å². The maximum Gasteiger partial charge on any atom is 0.249 e. The SMILES string of the molecule is Cc1cccc(-n2nc3nc(S(C)(=O)=O)nc(-c4ccsc4)c3c2N)c1. The highest BCUT2D eigenvalue weighted by Gasteiger charge is 2.22. The van der Waals surface area contributed by atoms with Crippen LogP contribution in [0.3, 0.4) is 0 Å². The molecule has 7 nitrogen and oxygen atoms in total. The highest BCUT2D eigenvalue weighted by Crippen LogP contribution is 2.33. The van der Waals surface area contributed by atoms with Gasteiger partial charge in [0.25, 0.3) is 0 Å². The van der Waals surface area contributed by atoms with Gasteiger partial charge >= 0.3 is 0 Å². The molecule has 0 spiro atoms. The number of nitrogen functional groups attached to an aromatic ring is 1. The molecule has 0 fully saturated rings. The molecule has 0 aliphatic carbocycles. The first kappa shape index (κ1) is 16.7. The maximum absolute atomic E-state index is 12.0. The van der Waals surface area contributed by atoms with Crippen LogP contribution < -0.4 is 5.73 Å². The van der Waals surface area contributed by atoms with E-state index < -0.39 is 9.84 Å². The van der Waals surface area contributed by atoms with Crippen molar-refractivity contribution >= 4 is 38.0 Å².